The van der Waals surface area contributed by atoms with Crippen molar-refractivity contribution < 1.29 is 0 Å². The molecule has 0 spiro atoms. The number of hydrogen-bond donors (Lipinski definition) is 1. The number of anilines is 1. The second kappa shape index (κ2) is 4.94. The first-order valence-electron chi connectivity index (χ1n) is 6.05. The van der Waals surface area contributed by atoms with Gasteiger partial charge in [0.25, 0.3) is 0 Å². The smallest absolute Gasteiger partial charge is 0.187 e. The van der Waals surface area contributed by atoms with Crippen LogP contribution >= 0.6 is 11.6 Å². The molecule has 0 amide bonds. The lowest BCUT2D eigenvalue weighted by atomic mass is 10.1. The van der Waals surface area contributed by atoms with Crippen molar-refractivity contribution in [2.45, 2.75) is 6.92 Å². The van der Waals surface area contributed by atoms with Crippen molar-refractivity contribution >= 4 is 17.3 Å². The summed E-state index contributed by atoms with van der Waals surface area (Å²) in [6.07, 6.45) is 0. The van der Waals surface area contributed by atoms with Gasteiger partial charge in [0.15, 0.2) is 5.82 Å². The summed E-state index contributed by atoms with van der Waals surface area (Å²) in [4.78, 5) is 0. The molecule has 1 aromatic heterocycles. The average Bonchev–Trinajstić information content (AvgIpc) is 2.86. The molecule has 0 bridgehead atoms. The van der Waals surface area contributed by atoms with Gasteiger partial charge in [-0.3, -0.25) is 0 Å². The normalized spacial score (nSPS) is 10.7. The van der Waals surface area contributed by atoms with Crippen molar-refractivity contribution in [1.82, 2.24) is 20.2 Å². The molecule has 2 N–H and O–H groups in total. The molecular weight excluding hydrogens is 274 g/mol. The Morgan fingerprint density at radius 2 is 2.00 bits per heavy atom. The van der Waals surface area contributed by atoms with Gasteiger partial charge in [0, 0.05) is 16.3 Å². The van der Waals surface area contributed by atoms with E-state index in [1.165, 1.54) is 0 Å². The Kier molecular flexibility index (Phi) is 3.12. The Hall–Kier alpha value is -2.40. The van der Waals surface area contributed by atoms with Crippen molar-refractivity contribution in [3.05, 3.63) is 53.1 Å². The lowest BCUT2D eigenvalue weighted by Gasteiger charge is -2.06. The highest BCUT2D eigenvalue weighted by molar-refractivity contribution is 6.31. The van der Waals surface area contributed by atoms with E-state index in [1.54, 1.807) is 22.9 Å². The summed E-state index contributed by atoms with van der Waals surface area (Å²) in [5.74, 6) is 0.602. The van der Waals surface area contributed by atoms with Crippen LogP contribution in [0.4, 0.5) is 5.69 Å². The van der Waals surface area contributed by atoms with E-state index in [4.69, 9.17) is 17.3 Å². The zero-order valence-corrected chi connectivity index (χ0v) is 11.5. The molecule has 1 heterocycles. The SMILES string of the molecule is Cc1cccc(-n2nnnc2-c2cc(N)cc(Cl)c2)c1. The van der Waals surface area contributed by atoms with E-state index in [0.717, 1.165) is 16.8 Å². The number of halogens is 1. The van der Waals surface area contributed by atoms with E-state index in [2.05, 4.69) is 15.5 Å². The van der Waals surface area contributed by atoms with Crippen LogP contribution in [0.3, 0.4) is 0 Å². The number of nitrogens with zero attached hydrogens (tertiary/aromatic N) is 4. The number of nitrogen functional groups attached to an aromatic ring is 1. The molecule has 100 valence electrons. The Labute approximate surface area is 121 Å². The zero-order chi connectivity index (χ0) is 14.1. The average molecular weight is 286 g/mol. The summed E-state index contributed by atoms with van der Waals surface area (Å²) in [6.45, 7) is 2.02. The van der Waals surface area contributed by atoms with Crippen LogP contribution in [0.5, 0.6) is 0 Å². The second-order valence-electron chi connectivity index (χ2n) is 4.53. The quantitative estimate of drug-likeness (QED) is 0.735. The van der Waals surface area contributed by atoms with Crippen LogP contribution in [-0.2, 0) is 0 Å². The van der Waals surface area contributed by atoms with Gasteiger partial charge in [-0.2, -0.15) is 4.68 Å². The van der Waals surface area contributed by atoms with Crippen LogP contribution < -0.4 is 5.73 Å². The van der Waals surface area contributed by atoms with Gasteiger partial charge in [-0.05, 0) is 53.2 Å². The minimum absolute atomic E-state index is 0.554. The first-order valence-corrected chi connectivity index (χ1v) is 6.43. The van der Waals surface area contributed by atoms with Gasteiger partial charge in [-0.15, -0.1) is 5.10 Å². The fraction of sp³-hybridized carbons (Fsp3) is 0.0714. The maximum Gasteiger partial charge on any atom is 0.187 e. The Morgan fingerprint density at radius 3 is 2.75 bits per heavy atom. The highest BCUT2D eigenvalue weighted by Crippen LogP contribution is 2.25. The van der Waals surface area contributed by atoms with Crippen molar-refractivity contribution in [3.63, 3.8) is 0 Å². The summed E-state index contributed by atoms with van der Waals surface area (Å²) in [5.41, 5.74) is 9.20. The minimum atomic E-state index is 0.554. The molecule has 6 heteroatoms. The van der Waals surface area contributed by atoms with Crippen LogP contribution in [0.25, 0.3) is 17.1 Å². The predicted octanol–water partition coefficient (Wildman–Crippen LogP) is 2.87. The Morgan fingerprint density at radius 1 is 1.15 bits per heavy atom. The van der Waals surface area contributed by atoms with Crippen LogP contribution in [0.1, 0.15) is 5.56 Å². The molecule has 0 radical (unpaired) electrons. The first-order chi connectivity index (χ1) is 9.63. The van der Waals surface area contributed by atoms with Gasteiger partial charge in [0.05, 0.1) is 5.69 Å². The van der Waals surface area contributed by atoms with E-state index in [0.29, 0.717) is 16.5 Å². The number of rotatable bonds is 2. The van der Waals surface area contributed by atoms with Crippen LogP contribution in [0.2, 0.25) is 5.02 Å². The highest BCUT2D eigenvalue weighted by atomic mass is 35.5. The predicted molar refractivity (Wildman–Crippen MR) is 78.7 cm³/mol. The summed E-state index contributed by atoms with van der Waals surface area (Å²) in [5, 5.41) is 12.4. The molecule has 0 aliphatic heterocycles. The molecular formula is C14H12ClN5. The van der Waals surface area contributed by atoms with Gasteiger partial charge in [0.1, 0.15) is 0 Å². The fourth-order valence-electron chi connectivity index (χ4n) is 2.04. The number of aryl methyl sites for hydroxylation is 1. The summed E-state index contributed by atoms with van der Waals surface area (Å²) < 4.78 is 1.66. The lowest BCUT2D eigenvalue weighted by molar-refractivity contribution is 0.790. The third kappa shape index (κ3) is 2.35. The molecule has 5 nitrogen and oxygen atoms in total. The zero-order valence-electron chi connectivity index (χ0n) is 10.8. The van der Waals surface area contributed by atoms with E-state index >= 15 is 0 Å². The molecule has 0 aliphatic carbocycles. The first kappa shape index (κ1) is 12.6. The van der Waals surface area contributed by atoms with Crippen LogP contribution in [0.15, 0.2) is 42.5 Å². The topological polar surface area (TPSA) is 69.6 Å². The van der Waals surface area contributed by atoms with Crippen molar-refractivity contribution in [1.29, 1.82) is 0 Å². The highest BCUT2D eigenvalue weighted by Gasteiger charge is 2.12. The molecule has 2 aromatic carbocycles. The molecule has 20 heavy (non-hydrogen) atoms. The van der Waals surface area contributed by atoms with Crippen molar-refractivity contribution in [2.24, 2.45) is 0 Å². The maximum atomic E-state index is 6.03. The van der Waals surface area contributed by atoms with Gasteiger partial charge in [-0.1, -0.05) is 23.7 Å². The third-order valence-electron chi connectivity index (χ3n) is 2.89. The Balaban J connectivity index is 2.15. The van der Waals surface area contributed by atoms with Crippen molar-refractivity contribution in [2.75, 3.05) is 5.73 Å². The number of aromatic nitrogens is 4. The summed E-state index contributed by atoms with van der Waals surface area (Å²) in [7, 11) is 0. The minimum Gasteiger partial charge on any atom is -0.399 e. The third-order valence-corrected chi connectivity index (χ3v) is 3.11. The molecule has 0 saturated carbocycles. The van der Waals surface area contributed by atoms with Gasteiger partial charge >= 0.3 is 0 Å². The standard InChI is InChI=1S/C14H12ClN5/c1-9-3-2-4-13(5-9)20-14(17-18-19-20)10-6-11(15)8-12(16)7-10/h2-8H,16H2,1H3. The van der Waals surface area contributed by atoms with Crippen LogP contribution in [-0.4, -0.2) is 20.2 Å². The van der Waals surface area contributed by atoms with Crippen LogP contribution in [0, 0.1) is 6.92 Å². The molecule has 0 saturated heterocycles. The number of hydrogen-bond acceptors (Lipinski definition) is 4. The maximum absolute atomic E-state index is 6.03. The van der Waals surface area contributed by atoms with E-state index in [1.807, 2.05) is 31.2 Å². The van der Waals surface area contributed by atoms with E-state index < -0.39 is 0 Å². The van der Waals surface area contributed by atoms with Gasteiger partial charge in [-0.25, -0.2) is 0 Å². The molecule has 0 atom stereocenters. The monoisotopic (exact) mass is 285 g/mol. The lowest BCUT2D eigenvalue weighted by Crippen LogP contribution is -2.00. The van der Waals surface area contributed by atoms with E-state index in [9.17, 15) is 0 Å². The molecule has 3 rings (SSSR count). The number of nitrogens with two attached hydrogens (primary N) is 1. The molecule has 0 aliphatic rings. The second-order valence-corrected chi connectivity index (χ2v) is 4.96. The fourth-order valence-corrected chi connectivity index (χ4v) is 2.29. The number of benzene rings is 2. The van der Waals surface area contributed by atoms with Gasteiger partial charge < -0.3 is 5.73 Å². The molecule has 0 fully saturated rings. The van der Waals surface area contributed by atoms with E-state index in [-0.39, 0.29) is 0 Å². The van der Waals surface area contributed by atoms with Crippen molar-refractivity contribution in [3.8, 4) is 17.1 Å². The number of tetrazole rings is 1. The van der Waals surface area contributed by atoms with Gasteiger partial charge in [0.2, 0.25) is 0 Å². The summed E-state index contributed by atoms with van der Waals surface area (Å²) >= 11 is 6.03. The summed E-state index contributed by atoms with van der Waals surface area (Å²) in [6, 6.07) is 13.2. The molecule has 3 aromatic rings. The largest absolute Gasteiger partial charge is 0.399 e. The molecule has 0 unspecified atom stereocenters. The Bertz CT molecular complexity index is 746.